The first kappa shape index (κ1) is 16.8. The Morgan fingerprint density at radius 3 is 2.77 bits per heavy atom. The Bertz CT molecular complexity index is 968. The van der Waals surface area contributed by atoms with Crippen LogP contribution in [0.4, 0.5) is 5.69 Å². The van der Waals surface area contributed by atoms with Crippen molar-refractivity contribution in [2.75, 3.05) is 11.4 Å². The van der Waals surface area contributed by atoms with Crippen molar-refractivity contribution >= 4 is 40.0 Å². The first-order valence-electron chi connectivity index (χ1n) is 8.54. The van der Waals surface area contributed by atoms with E-state index in [-0.39, 0.29) is 18.2 Å². The van der Waals surface area contributed by atoms with E-state index in [2.05, 4.69) is 10.3 Å². The topological polar surface area (TPSA) is 65.2 Å². The Morgan fingerprint density at radius 1 is 1.15 bits per heavy atom. The second-order valence-electron chi connectivity index (χ2n) is 6.37. The lowest BCUT2D eigenvalue weighted by Gasteiger charge is -2.15. The van der Waals surface area contributed by atoms with Gasteiger partial charge in [0.05, 0.1) is 18.2 Å². The number of amides is 2. The third-order valence-electron chi connectivity index (χ3n) is 4.68. The average molecular weight is 368 g/mol. The van der Waals surface area contributed by atoms with Crippen LogP contribution in [-0.4, -0.2) is 29.4 Å². The third kappa shape index (κ3) is 3.11. The number of anilines is 1. The molecule has 0 unspecified atom stereocenters. The molecule has 0 saturated carbocycles. The lowest BCUT2D eigenvalue weighted by atomic mass is 10.1. The largest absolute Gasteiger partial charge is 0.361 e. The summed E-state index contributed by atoms with van der Waals surface area (Å²) in [5.41, 5.74) is 2.79. The number of H-pyrrole nitrogens is 1. The molecule has 1 saturated heterocycles. The molecule has 26 heavy (non-hydrogen) atoms. The van der Waals surface area contributed by atoms with Crippen molar-refractivity contribution in [2.24, 2.45) is 0 Å². The molecule has 0 radical (unpaired) electrons. The highest BCUT2D eigenvalue weighted by molar-refractivity contribution is 6.31. The number of hydrogen-bond acceptors (Lipinski definition) is 3. The summed E-state index contributed by atoms with van der Waals surface area (Å²) in [6, 6.07) is 14.3. The molecule has 1 aromatic heterocycles. The van der Waals surface area contributed by atoms with E-state index >= 15 is 0 Å². The number of aromatic nitrogens is 1. The number of nitrogens with zero attached hydrogens (tertiary/aromatic N) is 1. The average Bonchev–Trinajstić information content (AvgIpc) is 3.16. The van der Waals surface area contributed by atoms with E-state index in [1.54, 1.807) is 12.1 Å². The van der Waals surface area contributed by atoms with Gasteiger partial charge in [-0.3, -0.25) is 9.59 Å². The van der Waals surface area contributed by atoms with E-state index in [0.717, 1.165) is 22.9 Å². The van der Waals surface area contributed by atoms with Gasteiger partial charge in [0.15, 0.2) is 0 Å². The maximum atomic E-state index is 12.6. The molecule has 0 aliphatic carbocycles. The number of carbonyl (C=O) groups is 2. The fourth-order valence-electron chi connectivity index (χ4n) is 3.38. The highest BCUT2D eigenvalue weighted by Crippen LogP contribution is 2.24. The molecule has 5 nitrogen and oxygen atoms in total. The Kier molecular flexibility index (Phi) is 4.49. The zero-order valence-corrected chi connectivity index (χ0v) is 14.8. The van der Waals surface area contributed by atoms with Crippen molar-refractivity contribution in [2.45, 2.75) is 18.9 Å². The number of fused-ring (bicyclic) bond motifs is 1. The van der Waals surface area contributed by atoms with Crippen molar-refractivity contribution in [1.29, 1.82) is 0 Å². The van der Waals surface area contributed by atoms with Crippen molar-refractivity contribution < 1.29 is 9.59 Å². The van der Waals surface area contributed by atoms with E-state index in [1.807, 2.05) is 42.6 Å². The molecule has 3 aromatic rings. The highest BCUT2D eigenvalue weighted by Gasteiger charge is 2.38. The summed E-state index contributed by atoms with van der Waals surface area (Å²) in [4.78, 5) is 29.3. The number of hydrogen-bond donors (Lipinski definition) is 2. The lowest BCUT2D eigenvalue weighted by Crippen LogP contribution is -2.39. The van der Waals surface area contributed by atoms with Gasteiger partial charge in [-0.05, 0) is 42.3 Å². The number of nitrogens with one attached hydrogen (secondary N) is 2. The lowest BCUT2D eigenvalue weighted by molar-refractivity contribution is -0.121. The monoisotopic (exact) mass is 367 g/mol. The fraction of sp³-hybridized carbons (Fsp3) is 0.200. The SMILES string of the molecule is O=C1C[C@@H](NCCc2c[nH]c3ccc(Cl)cc23)C(=O)N1c1ccccc1. The molecule has 1 atom stereocenters. The maximum absolute atomic E-state index is 12.6. The second kappa shape index (κ2) is 6.94. The van der Waals surface area contributed by atoms with Crippen molar-refractivity contribution in [1.82, 2.24) is 10.3 Å². The van der Waals surface area contributed by atoms with Gasteiger partial charge in [-0.25, -0.2) is 4.90 Å². The number of benzene rings is 2. The minimum atomic E-state index is -0.475. The molecular formula is C20H18ClN3O2. The van der Waals surface area contributed by atoms with E-state index < -0.39 is 6.04 Å². The zero-order valence-electron chi connectivity index (χ0n) is 14.0. The van der Waals surface area contributed by atoms with Crippen LogP contribution in [0, 0.1) is 0 Å². The molecule has 0 bridgehead atoms. The molecule has 1 aliphatic heterocycles. The van der Waals surface area contributed by atoms with Crippen LogP contribution in [0.25, 0.3) is 10.9 Å². The van der Waals surface area contributed by atoms with Gasteiger partial charge in [0.25, 0.3) is 5.91 Å². The van der Waals surface area contributed by atoms with Crippen LogP contribution >= 0.6 is 11.6 Å². The summed E-state index contributed by atoms with van der Waals surface area (Å²) in [6.45, 7) is 0.603. The molecule has 2 aromatic carbocycles. The van der Waals surface area contributed by atoms with Crippen LogP contribution in [0.3, 0.4) is 0 Å². The minimum absolute atomic E-state index is 0.169. The van der Waals surface area contributed by atoms with Crippen molar-refractivity contribution in [3.63, 3.8) is 0 Å². The van der Waals surface area contributed by atoms with Gasteiger partial charge in [-0.15, -0.1) is 0 Å². The first-order valence-corrected chi connectivity index (χ1v) is 8.92. The number of imide groups is 1. The number of rotatable bonds is 5. The Labute approximate surface area is 155 Å². The molecule has 2 N–H and O–H groups in total. The number of carbonyl (C=O) groups excluding carboxylic acids is 2. The minimum Gasteiger partial charge on any atom is -0.361 e. The third-order valence-corrected chi connectivity index (χ3v) is 4.91. The highest BCUT2D eigenvalue weighted by atomic mass is 35.5. The van der Waals surface area contributed by atoms with E-state index in [9.17, 15) is 9.59 Å². The van der Waals surface area contributed by atoms with Crippen LogP contribution in [0.15, 0.2) is 54.7 Å². The second-order valence-corrected chi connectivity index (χ2v) is 6.80. The number of aromatic amines is 1. The maximum Gasteiger partial charge on any atom is 0.251 e. The first-order chi connectivity index (χ1) is 12.6. The molecule has 6 heteroatoms. The van der Waals surface area contributed by atoms with Gasteiger partial charge in [0.1, 0.15) is 0 Å². The fourth-order valence-corrected chi connectivity index (χ4v) is 3.55. The summed E-state index contributed by atoms with van der Waals surface area (Å²) in [5, 5.41) is 5.00. The van der Waals surface area contributed by atoms with Crippen LogP contribution in [0.2, 0.25) is 5.02 Å². The Morgan fingerprint density at radius 2 is 1.96 bits per heavy atom. The summed E-state index contributed by atoms with van der Waals surface area (Å²) in [5.74, 6) is -0.360. The van der Waals surface area contributed by atoms with Crippen LogP contribution in [0.1, 0.15) is 12.0 Å². The zero-order chi connectivity index (χ0) is 18.1. The van der Waals surface area contributed by atoms with Gasteiger partial charge < -0.3 is 10.3 Å². The molecule has 0 spiro atoms. The normalized spacial score (nSPS) is 17.4. The van der Waals surface area contributed by atoms with Crippen LogP contribution in [-0.2, 0) is 16.0 Å². The van der Waals surface area contributed by atoms with E-state index in [4.69, 9.17) is 11.6 Å². The summed E-state index contributed by atoms with van der Waals surface area (Å²) >= 11 is 6.08. The van der Waals surface area contributed by atoms with Gasteiger partial charge in [-0.1, -0.05) is 29.8 Å². The number of para-hydroxylation sites is 1. The molecule has 2 amide bonds. The molecule has 2 heterocycles. The van der Waals surface area contributed by atoms with Gasteiger partial charge in [0.2, 0.25) is 5.91 Å². The molecular weight excluding hydrogens is 350 g/mol. The molecule has 1 fully saturated rings. The van der Waals surface area contributed by atoms with Crippen molar-refractivity contribution in [3.8, 4) is 0 Å². The number of halogens is 1. The van der Waals surface area contributed by atoms with E-state index in [0.29, 0.717) is 17.3 Å². The molecule has 1 aliphatic rings. The van der Waals surface area contributed by atoms with Gasteiger partial charge in [0, 0.05) is 28.7 Å². The smallest absolute Gasteiger partial charge is 0.251 e. The quantitative estimate of drug-likeness (QED) is 0.680. The van der Waals surface area contributed by atoms with Crippen LogP contribution in [0.5, 0.6) is 0 Å². The van der Waals surface area contributed by atoms with Gasteiger partial charge >= 0.3 is 0 Å². The predicted molar refractivity (Wildman–Crippen MR) is 102 cm³/mol. The van der Waals surface area contributed by atoms with Crippen molar-refractivity contribution in [3.05, 3.63) is 65.3 Å². The summed E-state index contributed by atoms with van der Waals surface area (Å²) in [7, 11) is 0. The van der Waals surface area contributed by atoms with Gasteiger partial charge in [-0.2, -0.15) is 0 Å². The Balaban J connectivity index is 1.41. The summed E-state index contributed by atoms with van der Waals surface area (Å²) < 4.78 is 0. The Hall–Kier alpha value is -2.63. The molecule has 132 valence electrons. The van der Waals surface area contributed by atoms with E-state index in [1.165, 1.54) is 4.90 Å². The molecule has 4 rings (SSSR count). The summed E-state index contributed by atoms with van der Waals surface area (Å²) in [6.07, 6.45) is 2.89. The van der Waals surface area contributed by atoms with Crippen LogP contribution < -0.4 is 10.2 Å². The standard InChI is InChI=1S/C20H18ClN3O2/c21-14-6-7-17-16(10-14)13(12-23-17)8-9-22-18-11-19(25)24(20(18)26)15-4-2-1-3-5-15/h1-7,10,12,18,22-23H,8-9,11H2/t18-/m1/s1. The predicted octanol–water partition coefficient (Wildman–Crippen LogP) is 3.29.